The Morgan fingerprint density at radius 1 is 1.23 bits per heavy atom. The zero-order valence-electron chi connectivity index (χ0n) is 17.1. The van der Waals surface area contributed by atoms with Crippen LogP contribution in [-0.4, -0.2) is 48.7 Å². The summed E-state index contributed by atoms with van der Waals surface area (Å²) in [6.45, 7) is 5.31. The van der Waals surface area contributed by atoms with E-state index in [0.29, 0.717) is 11.6 Å². The van der Waals surface area contributed by atoms with Crippen molar-refractivity contribution < 1.29 is 9.84 Å². The predicted octanol–water partition coefficient (Wildman–Crippen LogP) is 4.14. The van der Waals surface area contributed by atoms with Crippen molar-refractivity contribution >= 4 is 27.0 Å². The van der Waals surface area contributed by atoms with Crippen molar-refractivity contribution in [1.29, 1.82) is 0 Å². The zero-order chi connectivity index (χ0) is 20.7. The highest BCUT2D eigenvalue weighted by molar-refractivity contribution is 9.10. The second-order valence-electron chi connectivity index (χ2n) is 8.80. The number of rotatable bonds is 6. The molecule has 5 rings (SSSR count). The minimum atomic E-state index is -0.554. The van der Waals surface area contributed by atoms with Crippen molar-refractivity contribution in [3.05, 3.63) is 40.5 Å². The number of nitrogens with zero attached hydrogens (tertiary/aromatic N) is 5. The maximum absolute atomic E-state index is 10.2. The lowest BCUT2D eigenvalue weighted by molar-refractivity contribution is -0.00742. The second-order valence-corrected chi connectivity index (χ2v) is 9.60. The van der Waals surface area contributed by atoms with E-state index in [9.17, 15) is 5.11 Å². The average molecular weight is 472 g/mol. The van der Waals surface area contributed by atoms with Crippen LogP contribution in [0.5, 0.6) is 11.6 Å². The van der Waals surface area contributed by atoms with E-state index in [-0.39, 0.29) is 0 Å². The fourth-order valence-corrected chi connectivity index (χ4v) is 4.41. The van der Waals surface area contributed by atoms with Crippen LogP contribution in [0.25, 0.3) is 11.0 Å². The number of ether oxygens (including phenoxy) is 1. The third-order valence-electron chi connectivity index (χ3n) is 6.10. The molecule has 0 radical (unpaired) electrons. The SMILES string of the molecule is CC1(O)CCN(Cc2cccnc2Oc2ccc3c(nnn3CC3CC3)c2Br)CC1. The summed E-state index contributed by atoms with van der Waals surface area (Å²) in [6.07, 6.45) is 5.87. The van der Waals surface area contributed by atoms with E-state index >= 15 is 0 Å². The van der Waals surface area contributed by atoms with E-state index in [1.54, 1.807) is 6.20 Å². The predicted molar refractivity (Wildman–Crippen MR) is 117 cm³/mol. The summed E-state index contributed by atoms with van der Waals surface area (Å²) in [5.74, 6) is 2.02. The summed E-state index contributed by atoms with van der Waals surface area (Å²) in [7, 11) is 0. The van der Waals surface area contributed by atoms with Crippen LogP contribution >= 0.6 is 15.9 Å². The van der Waals surface area contributed by atoms with E-state index in [2.05, 4.69) is 36.1 Å². The summed E-state index contributed by atoms with van der Waals surface area (Å²) < 4.78 is 9.01. The van der Waals surface area contributed by atoms with E-state index in [1.165, 1.54) is 12.8 Å². The van der Waals surface area contributed by atoms with Gasteiger partial charge < -0.3 is 9.84 Å². The first-order valence-electron chi connectivity index (χ1n) is 10.6. The molecule has 1 saturated heterocycles. The molecule has 2 aliphatic rings. The Kier molecular flexibility index (Phi) is 5.24. The largest absolute Gasteiger partial charge is 0.437 e. The maximum atomic E-state index is 10.2. The van der Waals surface area contributed by atoms with Gasteiger partial charge in [0.25, 0.3) is 0 Å². The third kappa shape index (κ3) is 4.22. The standard InChI is InChI=1S/C22H26BrN5O2/c1-22(29)8-11-27(12-9-22)14-16-3-2-10-24-21(16)30-18-7-6-17-20(19(18)23)25-26-28(17)13-15-4-5-15/h2-3,6-7,10,15,29H,4-5,8-9,11-14H2,1H3. The number of piperidine rings is 1. The summed E-state index contributed by atoms with van der Waals surface area (Å²) in [5, 5.41) is 18.9. The smallest absolute Gasteiger partial charge is 0.223 e. The second kappa shape index (κ2) is 7.90. The molecule has 2 aromatic heterocycles. The quantitative estimate of drug-likeness (QED) is 0.581. The molecule has 30 heavy (non-hydrogen) atoms. The summed E-state index contributed by atoms with van der Waals surface area (Å²) in [6, 6.07) is 7.96. The number of hydrogen-bond donors (Lipinski definition) is 1. The first-order chi connectivity index (χ1) is 14.5. The molecule has 0 bridgehead atoms. The molecule has 1 aliphatic carbocycles. The lowest BCUT2D eigenvalue weighted by atomic mass is 9.93. The van der Waals surface area contributed by atoms with Gasteiger partial charge in [0.05, 0.1) is 15.6 Å². The van der Waals surface area contributed by atoms with Gasteiger partial charge in [-0.1, -0.05) is 11.3 Å². The molecule has 1 aliphatic heterocycles. The fourth-order valence-electron chi connectivity index (χ4n) is 3.92. The van der Waals surface area contributed by atoms with Crippen molar-refractivity contribution in [3.63, 3.8) is 0 Å². The summed E-state index contributed by atoms with van der Waals surface area (Å²) in [4.78, 5) is 6.82. The van der Waals surface area contributed by atoms with Gasteiger partial charge in [-0.05, 0) is 72.7 Å². The molecule has 2 fully saturated rings. The number of benzene rings is 1. The Bertz CT molecular complexity index is 1050. The molecule has 0 amide bonds. The number of pyridine rings is 1. The lowest BCUT2D eigenvalue weighted by Gasteiger charge is -2.35. The number of fused-ring (bicyclic) bond motifs is 1. The van der Waals surface area contributed by atoms with Crippen LogP contribution in [0.4, 0.5) is 0 Å². The zero-order valence-corrected chi connectivity index (χ0v) is 18.7. The number of hydrogen-bond acceptors (Lipinski definition) is 6. The lowest BCUT2D eigenvalue weighted by Crippen LogP contribution is -2.42. The molecule has 0 atom stereocenters. The molecule has 0 unspecified atom stereocenters. The molecule has 3 heterocycles. The van der Waals surface area contributed by atoms with Gasteiger partial charge in [0, 0.05) is 37.9 Å². The minimum absolute atomic E-state index is 0.554. The highest BCUT2D eigenvalue weighted by Gasteiger charge is 2.28. The van der Waals surface area contributed by atoms with Crippen molar-refractivity contribution in [2.45, 2.75) is 51.3 Å². The molecule has 1 N–H and O–H groups in total. The van der Waals surface area contributed by atoms with Crippen LogP contribution in [0.15, 0.2) is 34.9 Å². The number of halogens is 1. The van der Waals surface area contributed by atoms with E-state index in [0.717, 1.165) is 66.0 Å². The third-order valence-corrected chi connectivity index (χ3v) is 6.87. The van der Waals surface area contributed by atoms with Gasteiger partial charge in [0.2, 0.25) is 5.88 Å². The van der Waals surface area contributed by atoms with E-state index in [4.69, 9.17) is 4.74 Å². The van der Waals surface area contributed by atoms with Crippen LogP contribution in [0.1, 0.15) is 38.2 Å². The van der Waals surface area contributed by atoms with E-state index < -0.39 is 5.60 Å². The fraction of sp³-hybridized carbons (Fsp3) is 0.500. The number of aromatic nitrogens is 4. The van der Waals surface area contributed by atoms with Gasteiger partial charge in [0.15, 0.2) is 0 Å². The number of aliphatic hydroxyl groups is 1. The van der Waals surface area contributed by atoms with Gasteiger partial charge in [-0.2, -0.15) is 0 Å². The van der Waals surface area contributed by atoms with Gasteiger partial charge in [0.1, 0.15) is 11.3 Å². The van der Waals surface area contributed by atoms with Gasteiger partial charge >= 0.3 is 0 Å². The molecule has 0 spiro atoms. The molecule has 8 heteroatoms. The molecule has 158 valence electrons. The van der Waals surface area contributed by atoms with Crippen LogP contribution in [0, 0.1) is 5.92 Å². The van der Waals surface area contributed by atoms with Gasteiger partial charge in [-0.3, -0.25) is 4.90 Å². The van der Waals surface area contributed by atoms with Crippen LogP contribution in [0.2, 0.25) is 0 Å². The molecule has 1 aromatic carbocycles. The monoisotopic (exact) mass is 471 g/mol. The van der Waals surface area contributed by atoms with Crippen LogP contribution in [0.3, 0.4) is 0 Å². The maximum Gasteiger partial charge on any atom is 0.223 e. The first kappa shape index (κ1) is 19.9. The molecule has 1 saturated carbocycles. The summed E-state index contributed by atoms with van der Waals surface area (Å²) in [5.41, 5.74) is 2.30. The Labute approximate surface area is 184 Å². The molecular weight excluding hydrogens is 446 g/mol. The Morgan fingerprint density at radius 2 is 2.03 bits per heavy atom. The topological polar surface area (TPSA) is 76.3 Å². The average Bonchev–Trinajstić information content (AvgIpc) is 3.45. The normalized spacial score (nSPS) is 19.3. The molecule has 7 nitrogen and oxygen atoms in total. The van der Waals surface area contributed by atoms with Gasteiger partial charge in [-0.25, -0.2) is 9.67 Å². The first-order valence-corrected chi connectivity index (χ1v) is 11.4. The van der Waals surface area contributed by atoms with Crippen molar-refractivity contribution in [2.24, 2.45) is 5.92 Å². The minimum Gasteiger partial charge on any atom is -0.437 e. The summed E-state index contributed by atoms with van der Waals surface area (Å²) >= 11 is 3.66. The Balaban J connectivity index is 1.35. The van der Waals surface area contributed by atoms with E-state index in [1.807, 2.05) is 35.9 Å². The molecular formula is C22H26BrN5O2. The van der Waals surface area contributed by atoms with Crippen molar-refractivity contribution in [2.75, 3.05) is 13.1 Å². The van der Waals surface area contributed by atoms with Crippen LogP contribution in [-0.2, 0) is 13.1 Å². The molecule has 3 aromatic rings. The van der Waals surface area contributed by atoms with Crippen LogP contribution < -0.4 is 4.74 Å². The van der Waals surface area contributed by atoms with Crippen molar-refractivity contribution in [3.8, 4) is 11.6 Å². The Hall–Kier alpha value is -2.03. The highest BCUT2D eigenvalue weighted by atomic mass is 79.9. The highest BCUT2D eigenvalue weighted by Crippen LogP contribution is 2.37. The number of likely N-dealkylation sites (tertiary alicyclic amines) is 1. The van der Waals surface area contributed by atoms with Crippen molar-refractivity contribution in [1.82, 2.24) is 24.9 Å². The Morgan fingerprint density at radius 3 is 2.80 bits per heavy atom. The van der Waals surface area contributed by atoms with Gasteiger partial charge in [-0.15, -0.1) is 5.10 Å².